The Bertz CT molecular complexity index is 695. The summed E-state index contributed by atoms with van der Waals surface area (Å²) >= 11 is 0. The van der Waals surface area contributed by atoms with Crippen LogP contribution in [0.15, 0.2) is 48.9 Å². The lowest BCUT2D eigenvalue weighted by Gasteiger charge is -2.08. The van der Waals surface area contributed by atoms with Gasteiger partial charge in [-0.05, 0) is 30.7 Å². The molecule has 21 heavy (non-hydrogen) atoms. The second kappa shape index (κ2) is 5.83. The molecule has 0 radical (unpaired) electrons. The van der Waals surface area contributed by atoms with Gasteiger partial charge >= 0.3 is 0 Å². The van der Waals surface area contributed by atoms with E-state index in [1.807, 2.05) is 34.9 Å². The molecular weight excluding hydrogens is 262 g/mol. The van der Waals surface area contributed by atoms with E-state index in [-0.39, 0.29) is 0 Å². The number of rotatable bonds is 5. The van der Waals surface area contributed by atoms with Crippen molar-refractivity contribution in [2.24, 2.45) is 7.05 Å². The topological polar surface area (TPSA) is 47.7 Å². The zero-order valence-corrected chi connectivity index (χ0v) is 12.3. The van der Waals surface area contributed by atoms with Crippen LogP contribution in [0.1, 0.15) is 16.8 Å². The Balaban J connectivity index is 1.60. The third-order valence-electron chi connectivity index (χ3n) is 3.68. The fourth-order valence-electron chi connectivity index (χ4n) is 2.22. The second-order valence-electron chi connectivity index (χ2n) is 5.13. The van der Waals surface area contributed by atoms with Gasteiger partial charge in [-0.15, -0.1) is 0 Å². The highest BCUT2D eigenvalue weighted by Crippen LogP contribution is 2.13. The Hall–Kier alpha value is -2.56. The number of benzene rings is 1. The third kappa shape index (κ3) is 3.13. The molecule has 0 aliphatic heterocycles. The van der Waals surface area contributed by atoms with Crippen molar-refractivity contribution in [3.63, 3.8) is 0 Å². The van der Waals surface area contributed by atoms with Gasteiger partial charge in [0.1, 0.15) is 0 Å². The van der Waals surface area contributed by atoms with Crippen LogP contribution in [0, 0.1) is 6.92 Å². The normalized spacial score (nSPS) is 10.8. The average molecular weight is 281 g/mol. The molecule has 2 aromatic heterocycles. The predicted octanol–water partition coefficient (Wildman–Crippen LogP) is 2.59. The summed E-state index contributed by atoms with van der Waals surface area (Å²) in [4.78, 5) is 0. The first kappa shape index (κ1) is 13.4. The molecule has 108 valence electrons. The molecule has 0 spiro atoms. The number of anilines is 1. The van der Waals surface area contributed by atoms with Gasteiger partial charge in [0.2, 0.25) is 0 Å². The van der Waals surface area contributed by atoms with Crippen LogP contribution >= 0.6 is 0 Å². The van der Waals surface area contributed by atoms with E-state index >= 15 is 0 Å². The summed E-state index contributed by atoms with van der Waals surface area (Å²) in [5, 5.41) is 11.9. The lowest BCUT2D eigenvalue weighted by molar-refractivity contribution is 0.687. The first-order chi connectivity index (χ1) is 10.2. The van der Waals surface area contributed by atoms with E-state index in [2.05, 4.69) is 46.7 Å². The molecule has 3 aromatic rings. The summed E-state index contributed by atoms with van der Waals surface area (Å²) in [5.41, 5.74) is 4.76. The number of hydrogen-bond donors (Lipinski definition) is 1. The molecule has 0 aliphatic rings. The van der Waals surface area contributed by atoms with Crippen LogP contribution in [-0.4, -0.2) is 19.6 Å². The summed E-state index contributed by atoms with van der Waals surface area (Å²) in [6.07, 6.45) is 5.68. The van der Waals surface area contributed by atoms with E-state index in [0.717, 1.165) is 18.8 Å². The van der Waals surface area contributed by atoms with E-state index in [4.69, 9.17) is 0 Å². The van der Waals surface area contributed by atoms with Crippen LogP contribution in [0.25, 0.3) is 0 Å². The van der Waals surface area contributed by atoms with Crippen LogP contribution < -0.4 is 5.32 Å². The van der Waals surface area contributed by atoms with Crippen molar-refractivity contribution >= 4 is 5.69 Å². The molecule has 0 unspecified atom stereocenters. The van der Waals surface area contributed by atoms with Crippen LogP contribution in [-0.2, 0) is 20.1 Å². The zero-order chi connectivity index (χ0) is 14.7. The molecule has 0 atom stereocenters. The van der Waals surface area contributed by atoms with Crippen molar-refractivity contribution < 1.29 is 0 Å². The van der Waals surface area contributed by atoms with E-state index < -0.39 is 0 Å². The summed E-state index contributed by atoms with van der Waals surface area (Å²) < 4.78 is 3.81. The molecule has 5 nitrogen and oxygen atoms in total. The maximum absolute atomic E-state index is 4.25. The fourth-order valence-corrected chi connectivity index (χ4v) is 2.22. The Labute approximate surface area is 124 Å². The number of nitrogens with one attached hydrogen (secondary N) is 1. The van der Waals surface area contributed by atoms with Crippen LogP contribution in [0.4, 0.5) is 5.69 Å². The minimum Gasteiger partial charge on any atom is -0.381 e. The molecule has 0 saturated carbocycles. The summed E-state index contributed by atoms with van der Waals surface area (Å²) in [7, 11) is 1.96. The monoisotopic (exact) mass is 281 g/mol. The molecule has 5 heteroatoms. The van der Waals surface area contributed by atoms with Crippen LogP contribution in [0.5, 0.6) is 0 Å². The molecule has 1 N–H and O–H groups in total. The van der Waals surface area contributed by atoms with E-state index in [1.54, 1.807) is 6.20 Å². The van der Waals surface area contributed by atoms with Gasteiger partial charge < -0.3 is 5.32 Å². The molecule has 0 amide bonds. The largest absolute Gasteiger partial charge is 0.381 e. The fraction of sp³-hybridized carbons (Fsp3) is 0.250. The van der Waals surface area contributed by atoms with Crippen molar-refractivity contribution in [3.8, 4) is 0 Å². The highest BCUT2D eigenvalue weighted by Gasteiger charge is 2.03. The minimum absolute atomic E-state index is 0.790. The molecule has 0 bridgehead atoms. The van der Waals surface area contributed by atoms with Crippen molar-refractivity contribution in [3.05, 3.63) is 65.7 Å². The highest BCUT2D eigenvalue weighted by molar-refractivity contribution is 5.45. The minimum atomic E-state index is 0.790. The first-order valence-corrected chi connectivity index (χ1v) is 7.00. The van der Waals surface area contributed by atoms with Crippen molar-refractivity contribution in [1.82, 2.24) is 19.6 Å². The Kier molecular flexibility index (Phi) is 3.73. The summed E-state index contributed by atoms with van der Waals surface area (Å²) in [6.45, 7) is 3.67. The lowest BCUT2D eigenvalue weighted by Crippen LogP contribution is -2.02. The Morgan fingerprint density at radius 1 is 1.14 bits per heavy atom. The van der Waals surface area contributed by atoms with Crippen LogP contribution in [0.2, 0.25) is 0 Å². The van der Waals surface area contributed by atoms with Gasteiger partial charge in [0.25, 0.3) is 0 Å². The molecule has 0 fully saturated rings. The quantitative estimate of drug-likeness (QED) is 0.782. The molecule has 3 rings (SSSR count). The lowest BCUT2D eigenvalue weighted by atomic mass is 10.2. The smallest absolute Gasteiger partial charge is 0.0659 e. The average Bonchev–Trinajstić information content (AvgIpc) is 3.11. The summed E-state index contributed by atoms with van der Waals surface area (Å²) in [6, 6.07) is 10.4. The van der Waals surface area contributed by atoms with Crippen LogP contribution in [0.3, 0.4) is 0 Å². The molecular formula is C16H19N5. The predicted molar refractivity (Wildman–Crippen MR) is 83.0 cm³/mol. The number of nitrogens with zero attached hydrogens (tertiary/aromatic N) is 4. The van der Waals surface area contributed by atoms with Gasteiger partial charge in [0.15, 0.2) is 0 Å². The van der Waals surface area contributed by atoms with E-state index in [0.29, 0.717) is 0 Å². The zero-order valence-electron chi connectivity index (χ0n) is 12.3. The molecule has 0 saturated heterocycles. The Morgan fingerprint density at radius 2 is 1.95 bits per heavy atom. The standard InChI is InChI=1S/C16H19N5/c1-13-15(11-19-20(13)2)10-17-16-6-4-14(5-7-16)12-21-9-3-8-18-21/h3-9,11,17H,10,12H2,1-2H3. The van der Waals surface area contributed by atoms with E-state index in [1.165, 1.54) is 16.8 Å². The number of aromatic nitrogens is 4. The first-order valence-electron chi connectivity index (χ1n) is 7.00. The van der Waals surface area contributed by atoms with Gasteiger partial charge in [-0.25, -0.2) is 0 Å². The molecule has 1 aromatic carbocycles. The van der Waals surface area contributed by atoms with Gasteiger partial charge in [-0.1, -0.05) is 12.1 Å². The van der Waals surface area contributed by atoms with E-state index in [9.17, 15) is 0 Å². The Morgan fingerprint density at radius 3 is 2.57 bits per heavy atom. The SMILES string of the molecule is Cc1c(CNc2ccc(Cn3cccn3)cc2)cnn1C. The van der Waals surface area contributed by atoms with Crippen molar-refractivity contribution in [2.45, 2.75) is 20.0 Å². The third-order valence-corrected chi connectivity index (χ3v) is 3.68. The highest BCUT2D eigenvalue weighted by atomic mass is 15.3. The van der Waals surface area contributed by atoms with Gasteiger partial charge in [-0.3, -0.25) is 9.36 Å². The van der Waals surface area contributed by atoms with Gasteiger partial charge in [-0.2, -0.15) is 10.2 Å². The number of aryl methyl sites for hydroxylation is 1. The van der Waals surface area contributed by atoms with Gasteiger partial charge in [0, 0.05) is 42.9 Å². The number of hydrogen-bond acceptors (Lipinski definition) is 3. The summed E-state index contributed by atoms with van der Waals surface area (Å²) in [5.74, 6) is 0. The molecule has 0 aliphatic carbocycles. The molecule has 2 heterocycles. The second-order valence-corrected chi connectivity index (χ2v) is 5.13. The van der Waals surface area contributed by atoms with Crippen molar-refractivity contribution in [2.75, 3.05) is 5.32 Å². The maximum Gasteiger partial charge on any atom is 0.0659 e. The van der Waals surface area contributed by atoms with Crippen molar-refractivity contribution in [1.29, 1.82) is 0 Å². The van der Waals surface area contributed by atoms with Gasteiger partial charge in [0.05, 0.1) is 12.7 Å². The maximum atomic E-state index is 4.25.